The van der Waals surface area contributed by atoms with Crippen LogP contribution in [0.25, 0.3) is 0 Å². The fourth-order valence-electron chi connectivity index (χ4n) is 2.69. The molecule has 1 aromatic heterocycles. The van der Waals surface area contributed by atoms with Gasteiger partial charge >= 0.3 is 5.97 Å². The zero-order valence-corrected chi connectivity index (χ0v) is 17.6. The van der Waals surface area contributed by atoms with Crippen LogP contribution in [-0.4, -0.2) is 30.4 Å². The molecule has 2 atom stereocenters. The Hall–Kier alpha value is -2.67. The summed E-state index contributed by atoms with van der Waals surface area (Å²) in [7, 11) is 0. The molecule has 6 nitrogen and oxygen atoms in total. The molecule has 1 aromatic carbocycles. The van der Waals surface area contributed by atoms with Crippen molar-refractivity contribution in [3.05, 3.63) is 51.9 Å². The maximum Gasteiger partial charge on any atom is 0.342 e. The summed E-state index contributed by atoms with van der Waals surface area (Å²) in [6, 6.07) is 9.86. The molecule has 2 N–H and O–H groups in total. The molecule has 2 rings (SSSR count). The zero-order chi connectivity index (χ0) is 20.8. The molecule has 0 aliphatic rings. The van der Waals surface area contributed by atoms with Crippen molar-refractivity contribution >= 4 is 34.1 Å². The lowest BCUT2D eigenvalue weighted by molar-refractivity contribution is -0.129. The van der Waals surface area contributed by atoms with Gasteiger partial charge in [0.05, 0.1) is 5.56 Å². The molecule has 0 saturated heterocycles. The third-order valence-corrected chi connectivity index (χ3v) is 5.61. The summed E-state index contributed by atoms with van der Waals surface area (Å²) in [5.74, 6) is -1.11. The highest BCUT2D eigenvalue weighted by Crippen LogP contribution is 2.33. The Morgan fingerprint density at radius 1 is 1.11 bits per heavy atom. The number of benzene rings is 1. The second-order valence-electron chi connectivity index (χ2n) is 6.77. The number of amides is 2. The minimum absolute atomic E-state index is 0.140. The molecule has 0 aliphatic carbocycles. The molecular weight excluding hydrogens is 376 g/mol. The molecule has 2 aromatic rings. The van der Waals surface area contributed by atoms with E-state index in [1.54, 1.807) is 6.92 Å². The van der Waals surface area contributed by atoms with Crippen molar-refractivity contribution in [3.63, 3.8) is 0 Å². The van der Waals surface area contributed by atoms with Crippen molar-refractivity contribution in [2.24, 2.45) is 0 Å². The minimum atomic E-state index is -0.944. The predicted octanol–water partition coefficient (Wildman–Crippen LogP) is 3.79. The lowest BCUT2D eigenvalue weighted by atomic mass is 10.0. The average Bonchev–Trinajstić information content (AvgIpc) is 2.92. The number of esters is 1. The van der Waals surface area contributed by atoms with E-state index in [1.807, 2.05) is 44.2 Å². The average molecular weight is 403 g/mol. The number of anilines is 1. The number of rotatable bonds is 7. The highest BCUT2D eigenvalue weighted by atomic mass is 32.1. The number of carbonyl (C=O) groups is 3. The van der Waals surface area contributed by atoms with E-state index in [9.17, 15) is 14.4 Å². The van der Waals surface area contributed by atoms with Gasteiger partial charge in [-0.25, -0.2) is 4.79 Å². The first-order chi connectivity index (χ1) is 13.2. The minimum Gasteiger partial charge on any atom is -0.449 e. The molecule has 0 saturated carbocycles. The van der Waals surface area contributed by atoms with Crippen LogP contribution in [0.1, 0.15) is 53.1 Å². The molecular formula is C21H26N2O4S. The highest BCUT2D eigenvalue weighted by molar-refractivity contribution is 7.16. The molecule has 0 spiro atoms. The Kier molecular flexibility index (Phi) is 7.34. The Bertz CT molecular complexity index is 861. The van der Waals surface area contributed by atoms with Crippen molar-refractivity contribution < 1.29 is 19.1 Å². The van der Waals surface area contributed by atoms with E-state index in [1.165, 1.54) is 25.2 Å². The van der Waals surface area contributed by atoms with Crippen LogP contribution in [0.4, 0.5) is 5.00 Å². The van der Waals surface area contributed by atoms with Gasteiger partial charge in [0, 0.05) is 18.3 Å². The van der Waals surface area contributed by atoms with E-state index in [0.29, 0.717) is 17.1 Å². The van der Waals surface area contributed by atoms with Crippen LogP contribution in [0.2, 0.25) is 0 Å². The van der Waals surface area contributed by atoms with Crippen LogP contribution in [0, 0.1) is 13.8 Å². The second kappa shape index (κ2) is 9.50. The lowest BCUT2D eigenvalue weighted by Crippen LogP contribution is -2.37. The SMILES string of the molecule is CC(=O)Nc1sc(C)c(C)c1C(=O)O[C@H](C)C(=O)NC[C@@H](C)c1ccccc1. The molecule has 2 amide bonds. The maximum atomic E-state index is 12.6. The van der Waals surface area contributed by atoms with Gasteiger partial charge in [0.25, 0.3) is 5.91 Å². The van der Waals surface area contributed by atoms with E-state index in [4.69, 9.17) is 4.74 Å². The Labute approximate surface area is 169 Å². The van der Waals surface area contributed by atoms with Gasteiger partial charge in [-0.1, -0.05) is 37.3 Å². The second-order valence-corrected chi connectivity index (χ2v) is 8.00. The number of nitrogens with one attached hydrogen (secondary N) is 2. The molecule has 0 radical (unpaired) electrons. The first-order valence-corrected chi connectivity index (χ1v) is 9.93. The van der Waals surface area contributed by atoms with Crippen LogP contribution in [0.15, 0.2) is 30.3 Å². The largest absolute Gasteiger partial charge is 0.449 e. The number of ether oxygens (including phenoxy) is 1. The summed E-state index contributed by atoms with van der Waals surface area (Å²) in [4.78, 5) is 37.2. The molecule has 28 heavy (non-hydrogen) atoms. The monoisotopic (exact) mass is 402 g/mol. The normalized spacial score (nSPS) is 12.8. The highest BCUT2D eigenvalue weighted by Gasteiger charge is 2.25. The van der Waals surface area contributed by atoms with Gasteiger partial charge in [0.1, 0.15) is 5.00 Å². The van der Waals surface area contributed by atoms with Crippen molar-refractivity contribution in [2.75, 3.05) is 11.9 Å². The standard InChI is InChI=1S/C21H26N2O4S/c1-12(17-9-7-6-8-10-17)11-22-19(25)14(3)27-21(26)18-13(2)15(4)28-20(18)23-16(5)24/h6-10,12,14H,11H2,1-5H3,(H,22,25)(H,23,24)/t12-,14-/m1/s1. The topological polar surface area (TPSA) is 84.5 Å². The molecule has 0 bridgehead atoms. The summed E-state index contributed by atoms with van der Waals surface area (Å²) in [6.07, 6.45) is -0.944. The predicted molar refractivity (Wildman–Crippen MR) is 111 cm³/mol. The fraction of sp³-hybridized carbons (Fsp3) is 0.381. The number of carbonyl (C=O) groups excluding carboxylic acids is 3. The third-order valence-electron chi connectivity index (χ3n) is 4.48. The van der Waals surface area contributed by atoms with E-state index in [-0.39, 0.29) is 17.7 Å². The molecule has 150 valence electrons. The van der Waals surface area contributed by atoms with Crippen molar-refractivity contribution in [1.29, 1.82) is 0 Å². The van der Waals surface area contributed by atoms with E-state index < -0.39 is 12.1 Å². The van der Waals surface area contributed by atoms with Crippen LogP contribution in [0.5, 0.6) is 0 Å². The number of aryl methyl sites for hydroxylation is 1. The number of hydrogen-bond donors (Lipinski definition) is 2. The fourth-order valence-corrected chi connectivity index (χ4v) is 3.79. The lowest BCUT2D eigenvalue weighted by Gasteiger charge is -2.17. The summed E-state index contributed by atoms with van der Waals surface area (Å²) in [6.45, 7) is 9.03. The van der Waals surface area contributed by atoms with Gasteiger partial charge in [0.2, 0.25) is 5.91 Å². The Morgan fingerprint density at radius 3 is 2.36 bits per heavy atom. The van der Waals surface area contributed by atoms with E-state index in [2.05, 4.69) is 10.6 Å². The first-order valence-electron chi connectivity index (χ1n) is 9.11. The third kappa shape index (κ3) is 5.42. The van der Waals surface area contributed by atoms with Crippen molar-refractivity contribution in [3.8, 4) is 0 Å². The smallest absolute Gasteiger partial charge is 0.342 e. The number of hydrogen-bond acceptors (Lipinski definition) is 5. The summed E-state index contributed by atoms with van der Waals surface area (Å²) in [5, 5.41) is 5.92. The zero-order valence-electron chi connectivity index (χ0n) is 16.8. The van der Waals surface area contributed by atoms with Gasteiger partial charge in [0.15, 0.2) is 6.10 Å². The van der Waals surface area contributed by atoms with E-state index >= 15 is 0 Å². The van der Waals surface area contributed by atoms with Gasteiger partial charge in [-0.05, 0) is 37.8 Å². The molecule has 1 heterocycles. The maximum absolute atomic E-state index is 12.6. The summed E-state index contributed by atoms with van der Waals surface area (Å²) < 4.78 is 5.36. The summed E-state index contributed by atoms with van der Waals surface area (Å²) in [5.41, 5.74) is 2.16. The van der Waals surface area contributed by atoms with Gasteiger partial charge in [-0.15, -0.1) is 11.3 Å². The van der Waals surface area contributed by atoms with Crippen LogP contribution < -0.4 is 10.6 Å². The first kappa shape index (κ1) is 21.6. The van der Waals surface area contributed by atoms with Crippen LogP contribution in [0.3, 0.4) is 0 Å². The Balaban J connectivity index is 1.98. The molecule has 0 unspecified atom stereocenters. The van der Waals surface area contributed by atoms with Gasteiger partial charge < -0.3 is 15.4 Å². The van der Waals surface area contributed by atoms with Crippen molar-refractivity contribution in [1.82, 2.24) is 5.32 Å². The quantitative estimate of drug-likeness (QED) is 0.690. The summed E-state index contributed by atoms with van der Waals surface area (Å²) >= 11 is 1.31. The van der Waals surface area contributed by atoms with Crippen LogP contribution >= 0.6 is 11.3 Å². The molecule has 0 aliphatic heterocycles. The van der Waals surface area contributed by atoms with E-state index in [0.717, 1.165) is 16.0 Å². The Morgan fingerprint density at radius 2 is 1.75 bits per heavy atom. The van der Waals surface area contributed by atoms with Gasteiger partial charge in [-0.3, -0.25) is 9.59 Å². The number of thiophene rings is 1. The molecule has 7 heteroatoms. The van der Waals surface area contributed by atoms with Gasteiger partial charge in [-0.2, -0.15) is 0 Å². The molecule has 0 fully saturated rings. The van der Waals surface area contributed by atoms with Crippen molar-refractivity contribution in [2.45, 2.75) is 46.6 Å². The van der Waals surface area contributed by atoms with Crippen LogP contribution in [-0.2, 0) is 14.3 Å².